The van der Waals surface area contributed by atoms with E-state index in [1.54, 1.807) is 0 Å². The molecule has 0 N–H and O–H groups in total. The van der Waals surface area contributed by atoms with Crippen molar-refractivity contribution in [2.75, 3.05) is 13.2 Å². The minimum Gasteiger partial charge on any atom is -0.462 e. The van der Waals surface area contributed by atoms with Gasteiger partial charge in [0.05, 0.1) is 0 Å². The first-order valence-corrected chi connectivity index (χ1v) is 23.8. The third-order valence-corrected chi connectivity index (χ3v) is 9.24. The molecule has 0 saturated carbocycles. The Kier molecular flexibility index (Phi) is 44.7. The van der Waals surface area contributed by atoms with Crippen molar-refractivity contribution in [1.82, 2.24) is 0 Å². The first-order valence-electron chi connectivity index (χ1n) is 23.8. The molecule has 0 aliphatic heterocycles. The third-order valence-electron chi connectivity index (χ3n) is 9.24. The van der Waals surface area contributed by atoms with E-state index >= 15 is 0 Å². The van der Waals surface area contributed by atoms with E-state index in [1.807, 2.05) is 36.5 Å². The fourth-order valence-electron chi connectivity index (χ4n) is 5.69. The lowest BCUT2D eigenvalue weighted by atomic mass is 10.1. The van der Waals surface area contributed by atoms with Crippen LogP contribution in [0, 0.1) is 0 Å². The topological polar surface area (TPSA) is 78.9 Å². The standard InChI is InChI=1S/C55H84O6/c1-4-7-10-13-16-19-22-24-25-26-27-28-29-31-33-36-39-42-45-48-54(57)60-51-52(50-59-53(56)47-44-41-38-35-32-21-18-15-12-9-6-3)61-55(58)49-46-43-40-37-34-30-23-20-17-14-11-8-5-2/h7-8,10-11,14-21,23-25,27-28,30-34,52H,4-6,9,12-13,22,26,29,35-51H2,1-3H3/b10-7-,11-8-,17-14-,18-15-,19-16-,23-20-,25-24-,28-27-,32-21-,33-31-,34-30-. The van der Waals surface area contributed by atoms with Crippen molar-refractivity contribution in [2.24, 2.45) is 0 Å². The van der Waals surface area contributed by atoms with E-state index in [0.29, 0.717) is 19.3 Å². The molecule has 0 aliphatic rings. The average Bonchev–Trinajstić information content (AvgIpc) is 3.26. The second-order valence-corrected chi connectivity index (χ2v) is 15.0. The van der Waals surface area contributed by atoms with Gasteiger partial charge in [-0.25, -0.2) is 0 Å². The Bertz CT molecular complexity index is 1380. The molecule has 6 nitrogen and oxygen atoms in total. The normalized spacial score (nSPS) is 13.3. The summed E-state index contributed by atoms with van der Waals surface area (Å²) < 4.78 is 16.6. The van der Waals surface area contributed by atoms with E-state index in [2.05, 4.69) is 118 Å². The van der Waals surface area contributed by atoms with Gasteiger partial charge in [-0.1, -0.05) is 187 Å². The molecule has 0 aromatic heterocycles. The van der Waals surface area contributed by atoms with Gasteiger partial charge < -0.3 is 14.2 Å². The summed E-state index contributed by atoms with van der Waals surface area (Å²) in [5.74, 6) is -1.04. The van der Waals surface area contributed by atoms with E-state index in [9.17, 15) is 14.4 Å². The summed E-state index contributed by atoms with van der Waals surface area (Å²) in [5, 5.41) is 0. The molecule has 0 aromatic carbocycles. The Labute approximate surface area is 373 Å². The SMILES string of the molecule is CC\C=C/C=C\C=C/C=C\CCCCCC(=O)OC(COC(=O)CCCCC/C=C\C=C/CCCC)COC(=O)CCCCC/C=C\C/C=C\C/C=C\C/C=C\C/C=C\CC. The molecule has 0 radical (unpaired) electrons. The second kappa shape index (κ2) is 48.2. The highest BCUT2D eigenvalue weighted by molar-refractivity contribution is 5.71. The molecule has 61 heavy (non-hydrogen) atoms. The number of hydrogen-bond acceptors (Lipinski definition) is 6. The molecule has 6 heteroatoms. The average molecular weight is 841 g/mol. The van der Waals surface area contributed by atoms with Crippen molar-refractivity contribution < 1.29 is 28.6 Å². The third kappa shape index (κ3) is 46.5. The highest BCUT2D eigenvalue weighted by atomic mass is 16.6. The monoisotopic (exact) mass is 841 g/mol. The molecule has 0 fully saturated rings. The van der Waals surface area contributed by atoms with Crippen LogP contribution in [0.5, 0.6) is 0 Å². The summed E-state index contributed by atoms with van der Waals surface area (Å²) >= 11 is 0. The van der Waals surface area contributed by atoms with Crippen LogP contribution in [0.15, 0.2) is 134 Å². The Morgan fingerprint density at radius 1 is 0.361 bits per heavy atom. The summed E-state index contributed by atoms with van der Waals surface area (Å²) in [6.07, 6.45) is 67.2. The first-order chi connectivity index (χ1) is 30.0. The Balaban J connectivity index is 4.54. The van der Waals surface area contributed by atoms with Gasteiger partial charge in [-0.05, 0) is 103 Å². The largest absolute Gasteiger partial charge is 0.462 e. The maximum absolute atomic E-state index is 12.7. The zero-order valence-electron chi connectivity index (χ0n) is 38.6. The van der Waals surface area contributed by atoms with Crippen LogP contribution in [-0.2, 0) is 28.6 Å². The van der Waals surface area contributed by atoms with E-state index in [1.165, 1.54) is 12.8 Å². The molecular weight excluding hydrogens is 757 g/mol. The van der Waals surface area contributed by atoms with Crippen LogP contribution in [0.25, 0.3) is 0 Å². The maximum Gasteiger partial charge on any atom is 0.306 e. The number of carbonyl (C=O) groups excluding carboxylic acids is 3. The zero-order valence-corrected chi connectivity index (χ0v) is 38.6. The quantitative estimate of drug-likeness (QED) is 0.0201. The molecule has 340 valence electrons. The molecule has 1 unspecified atom stereocenters. The van der Waals surface area contributed by atoms with Crippen LogP contribution in [0.1, 0.15) is 175 Å². The summed E-state index contributed by atoms with van der Waals surface area (Å²) in [6.45, 7) is 6.20. The minimum absolute atomic E-state index is 0.124. The molecule has 0 aliphatic carbocycles. The highest BCUT2D eigenvalue weighted by Crippen LogP contribution is 2.11. The highest BCUT2D eigenvalue weighted by Gasteiger charge is 2.19. The van der Waals surface area contributed by atoms with Crippen molar-refractivity contribution in [3.8, 4) is 0 Å². The predicted molar refractivity (Wildman–Crippen MR) is 260 cm³/mol. The number of allylic oxidation sites excluding steroid dienone is 22. The van der Waals surface area contributed by atoms with Gasteiger partial charge in [0, 0.05) is 19.3 Å². The van der Waals surface area contributed by atoms with Crippen molar-refractivity contribution in [1.29, 1.82) is 0 Å². The number of hydrogen-bond donors (Lipinski definition) is 0. The molecule has 0 bridgehead atoms. The molecular formula is C55H84O6. The van der Waals surface area contributed by atoms with Crippen LogP contribution in [0.4, 0.5) is 0 Å². The number of rotatable bonds is 40. The Morgan fingerprint density at radius 2 is 0.721 bits per heavy atom. The molecule has 0 spiro atoms. The van der Waals surface area contributed by atoms with E-state index in [4.69, 9.17) is 14.2 Å². The van der Waals surface area contributed by atoms with Gasteiger partial charge in [0.25, 0.3) is 0 Å². The van der Waals surface area contributed by atoms with Crippen LogP contribution < -0.4 is 0 Å². The Hall–Kier alpha value is -4.45. The van der Waals surface area contributed by atoms with E-state index < -0.39 is 6.10 Å². The van der Waals surface area contributed by atoms with Gasteiger partial charge in [-0.15, -0.1) is 0 Å². The molecule has 0 saturated heterocycles. The minimum atomic E-state index is -0.826. The van der Waals surface area contributed by atoms with Crippen molar-refractivity contribution in [3.63, 3.8) is 0 Å². The smallest absolute Gasteiger partial charge is 0.306 e. The zero-order chi connectivity index (χ0) is 44.4. The number of carbonyl (C=O) groups is 3. The van der Waals surface area contributed by atoms with E-state index in [0.717, 1.165) is 116 Å². The van der Waals surface area contributed by atoms with Gasteiger partial charge in [-0.3, -0.25) is 14.4 Å². The maximum atomic E-state index is 12.7. The number of esters is 3. The predicted octanol–water partition coefficient (Wildman–Crippen LogP) is 15.5. The molecule has 0 amide bonds. The second-order valence-electron chi connectivity index (χ2n) is 15.0. The van der Waals surface area contributed by atoms with Crippen molar-refractivity contribution >= 4 is 17.9 Å². The lowest BCUT2D eigenvalue weighted by Crippen LogP contribution is -2.30. The number of ether oxygens (including phenoxy) is 3. The molecule has 1 atom stereocenters. The van der Waals surface area contributed by atoms with Crippen LogP contribution in [-0.4, -0.2) is 37.2 Å². The van der Waals surface area contributed by atoms with Crippen LogP contribution in [0.2, 0.25) is 0 Å². The molecule has 0 heterocycles. The lowest BCUT2D eigenvalue weighted by molar-refractivity contribution is -0.167. The summed E-state index contributed by atoms with van der Waals surface area (Å²) in [4.78, 5) is 37.8. The van der Waals surface area contributed by atoms with Crippen LogP contribution >= 0.6 is 0 Å². The summed E-state index contributed by atoms with van der Waals surface area (Å²) in [6, 6.07) is 0. The summed E-state index contributed by atoms with van der Waals surface area (Å²) in [7, 11) is 0. The van der Waals surface area contributed by atoms with Crippen LogP contribution in [0.3, 0.4) is 0 Å². The van der Waals surface area contributed by atoms with Crippen molar-refractivity contribution in [2.45, 2.75) is 181 Å². The van der Waals surface area contributed by atoms with Crippen molar-refractivity contribution in [3.05, 3.63) is 134 Å². The lowest BCUT2D eigenvalue weighted by Gasteiger charge is -2.18. The molecule has 0 rings (SSSR count). The molecule has 0 aromatic rings. The summed E-state index contributed by atoms with van der Waals surface area (Å²) in [5.41, 5.74) is 0. The van der Waals surface area contributed by atoms with E-state index in [-0.39, 0.29) is 37.5 Å². The Morgan fingerprint density at radius 3 is 1.18 bits per heavy atom. The first kappa shape index (κ1) is 56.5. The van der Waals surface area contributed by atoms with Gasteiger partial charge in [-0.2, -0.15) is 0 Å². The van der Waals surface area contributed by atoms with Gasteiger partial charge in [0.15, 0.2) is 6.10 Å². The van der Waals surface area contributed by atoms with Gasteiger partial charge in [0.2, 0.25) is 0 Å². The fraction of sp³-hybridized carbons (Fsp3) is 0.545. The fourth-order valence-corrected chi connectivity index (χ4v) is 5.69. The van der Waals surface area contributed by atoms with Gasteiger partial charge in [0.1, 0.15) is 13.2 Å². The van der Waals surface area contributed by atoms with Gasteiger partial charge >= 0.3 is 17.9 Å². The number of unbranched alkanes of at least 4 members (excludes halogenated alkanes) is 11.